The fourth-order valence-electron chi connectivity index (χ4n) is 6.56. The van der Waals surface area contributed by atoms with E-state index in [0.29, 0.717) is 23.7 Å². The van der Waals surface area contributed by atoms with Crippen LogP contribution in [-0.2, 0) is 20.7 Å². The summed E-state index contributed by atoms with van der Waals surface area (Å²) in [4.78, 5) is 51.9. The molecule has 0 spiro atoms. The lowest BCUT2D eigenvalue weighted by atomic mass is 9.84. The van der Waals surface area contributed by atoms with E-state index in [1.165, 1.54) is 0 Å². The van der Waals surface area contributed by atoms with Crippen molar-refractivity contribution in [2.75, 3.05) is 24.5 Å². The number of nitrogens with zero attached hydrogens (tertiary/aromatic N) is 4. The van der Waals surface area contributed by atoms with Gasteiger partial charge in [0.05, 0.1) is 12.2 Å². The van der Waals surface area contributed by atoms with E-state index < -0.39 is 5.60 Å². The van der Waals surface area contributed by atoms with Crippen molar-refractivity contribution >= 4 is 29.3 Å². The maximum atomic E-state index is 13.3. The molecule has 3 aliphatic rings. The summed E-state index contributed by atoms with van der Waals surface area (Å²) in [5.74, 6) is 0.902. The van der Waals surface area contributed by atoms with E-state index in [2.05, 4.69) is 25.1 Å². The van der Waals surface area contributed by atoms with Crippen LogP contribution in [0.4, 0.5) is 5.69 Å². The number of piperidine rings is 1. The van der Waals surface area contributed by atoms with Crippen LogP contribution >= 0.6 is 0 Å². The Hall–Kier alpha value is -3.79. The zero-order valence-corrected chi connectivity index (χ0v) is 28.2. The Balaban J connectivity index is 1.29. The molecule has 248 valence electrons. The van der Waals surface area contributed by atoms with Crippen LogP contribution in [0.2, 0.25) is 0 Å². The second-order valence-corrected chi connectivity index (χ2v) is 14.2. The first kappa shape index (κ1) is 33.6. The minimum absolute atomic E-state index is 0.00665. The first-order chi connectivity index (χ1) is 21.8. The monoisotopic (exact) mass is 631 g/mol. The van der Waals surface area contributed by atoms with Crippen LogP contribution in [0, 0.1) is 12.8 Å². The summed E-state index contributed by atoms with van der Waals surface area (Å²) in [7, 11) is 0. The van der Waals surface area contributed by atoms with Gasteiger partial charge >= 0.3 is 5.97 Å². The van der Waals surface area contributed by atoms with E-state index in [1.807, 2.05) is 78.1 Å². The number of benzene rings is 1. The van der Waals surface area contributed by atoms with Gasteiger partial charge in [-0.3, -0.25) is 19.3 Å². The van der Waals surface area contributed by atoms with Gasteiger partial charge in [-0.25, -0.2) is 4.98 Å². The number of hydrogen-bond acceptors (Lipinski definition) is 7. The van der Waals surface area contributed by atoms with Crippen LogP contribution in [0.1, 0.15) is 94.6 Å². The lowest BCUT2D eigenvalue weighted by Crippen LogP contribution is -2.44. The molecule has 1 N–H and O–H groups in total. The molecule has 0 bridgehead atoms. The summed E-state index contributed by atoms with van der Waals surface area (Å²) in [6.07, 6.45) is 7.12. The molecule has 2 aromatic rings. The summed E-state index contributed by atoms with van der Waals surface area (Å²) in [5, 5.41) is 3.06. The highest BCUT2D eigenvalue weighted by atomic mass is 16.6. The topological polar surface area (TPSA) is 113 Å². The summed E-state index contributed by atoms with van der Waals surface area (Å²) < 4.78 is 11.9. The fourth-order valence-corrected chi connectivity index (χ4v) is 6.56. The normalized spacial score (nSPS) is 21.7. The van der Waals surface area contributed by atoms with Crippen molar-refractivity contribution in [3.63, 3.8) is 0 Å². The molecule has 2 amide bonds. The number of anilines is 1. The van der Waals surface area contributed by atoms with Gasteiger partial charge in [0.1, 0.15) is 17.5 Å². The Bertz CT molecular complexity index is 1430. The number of carbonyl (C=O) groups excluding carboxylic acids is 3. The highest BCUT2D eigenvalue weighted by molar-refractivity contribution is 6.12. The number of aryl methyl sites for hydroxylation is 1. The highest BCUT2D eigenvalue weighted by Gasteiger charge is 2.37. The number of esters is 1. The zero-order valence-electron chi connectivity index (χ0n) is 28.2. The van der Waals surface area contributed by atoms with E-state index in [4.69, 9.17) is 9.47 Å². The molecule has 2 fully saturated rings. The first-order valence-electron chi connectivity index (χ1n) is 16.7. The quantitative estimate of drug-likeness (QED) is 0.393. The molecule has 2 aliphatic heterocycles. The lowest BCUT2D eigenvalue weighted by molar-refractivity contribution is -0.156. The number of ether oxygens (including phenoxy) is 2. The van der Waals surface area contributed by atoms with Crippen molar-refractivity contribution in [3.05, 3.63) is 53.2 Å². The number of pyridine rings is 1. The van der Waals surface area contributed by atoms with E-state index in [1.54, 1.807) is 0 Å². The number of carbonyl (C=O) groups is 3. The van der Waals surface area contributed by atoms with Gasteiger partial charge in [0.25, 0.3) is 5.91 Å². The summed E-state index contributed by atoms with van der Waals surface area (Å²) in [6.45, 7) is 13.4. The minimum Gasteiger partial charge on any atom is -0.474 e. The van der Waals surface area contributed by atoms with Crippen molar-refractivity contribution in [3.8, 4) is 5.88 Å². The molecule has 1 aliphatic carbocycles. The van der Waals surface area contributed by atoms with Gasteiger partial charge in [0.15, 0.2) is 0 Å². The molecule has 1 aromatic carbocycles. The van der Waals surface area contributed by atoms with E-state index in [-0.39, 0.29) is 48.4 Å². The Labute approximate surface area is 272 Å². The third-order valence-corrected chi connectivity index (χ3v) is 8.81. The molecule has 3 heterocycles. The number of amides is 2. The summed E-state index contributed by atoms with van der Waals surface area (Å²) in [5.41, 5.74) is 3.13. The molecule has 10 heteroatoms. The van der Waals surface area contributed by atoms with Gasteiger partial charge in [-0.05, 0) is 92.2 Å². The van der Waals surface area contributed by atoms with Crippen LogP contribution in [0.15, 0.2) is 41.5 Å². The Morgan fingerprint density at radius 1 is 1.02 bits per heavy atom. The molecule has 46 heavy (non-hydrogen) atoms. The Morgan fingerprint density at radius 3 is 2.33 bits per heavy atom. The maximum Gasteiger partial charge on any atom is 0.320 e. The molecule has 10 nitrogen and oxygen atoms in total. The van der Waals surface area contributed by atoms with Crippen LogP contribution in [0.5, 0.6) is 5.88 Å². The van der Waals surface area contributed by atoms with Crippen molar-refractivity contribution in [1.82, 2.24) is 15.2 Å². The third kappa shape index (κ3) is 8.72. The number of amidine groups is 1. The highest BCUT2D eigenvalue weighted by Crippen LogP contribution is 2.39. The van der Waals surface area contributed by atoms with Gasteiger partial charge < -0.3 is 19.7 Å². The number of fused-ring (bicyclic) bond motifs is 1. The molecule has 1 saturated carbocycles. The molecule has 0 unspecified atom stereocenters. The molecule has 0 atom stereocenters. The summed E-state index contributed by atoms with van der Waals surface area (Å²) in [6, 6.07) is 9.70. The molecule has 1 aromatic heterocycles. The van der Waals surface area contributed by atoms with E-state index in [9.17, 15) is 14.4 Å². The van der Waals surface area contributed by atoms with Crippen LogP contribution in [-0.4, -0.2) is 76.9 Å². The molecular weight excluding hydrogens is 582 g/mol. The smallest absolute Gasteiger partial charge is 0.320 e. The Morgan fingerprint density at radius 2 is 1.70 bits per heavy atom. The van der Waals surface area contributed by atoms with Crippen molar-refractivity contribution in [2.24, 2.45) is 10.9 Å². The standard InChI is InChI=1S/C36H49N5O5/c1-23(2)38-34(43)26-11-13-28(14-12-26)41-30-20-32(45-29-15-17-40(18-16-29)22-33(42)46-36(4,5)6)37-21-27(30)19-31(41)39-35(44)25-9-7-24(3)8-10-25/h7-10,20-21,23,26,28-29H,11-19,22H2,1-6H3,(H,38,43). The number of likely N-dealkylation sites (tertiary alicyclic amines) is 1. The van der Waals surface area contributed by atoms with Gasteiger partial charge in [-0.1, -0.05) is 17.7 Å². The van der Waals surface area contributed by atoms with Crippen LogP contribution in [0.25, 0.3) is 0 Å². The number of aromatic nitrogens is 1. The van der Waals surface area contributed by atoms with Gasteiger partial charge in [-0.15, -0.1) is 0 Å². The SMILES string of the molecule is Cc1ccc(C(=O)N=C2Cc3cnc(OC4CCN(CC(=O)OC(C)(C)C)CC4)cc3N2C2CCC(C(=O)NC(C)C)CC2)cc1. The van der Waals surface area contributed by atoms with Crippen molar-refractivity contribution < 1.29 is 23.9 Å². The maximum absolute atomic E-state index is 13.3. The fraction of sp³-hybridized carbons (Fsp3) is 0.583. The third-order valence-electron chi connectivity index (χ3n) is 8.81. The van der Waals surface area contributed by atoms with E-state index >= 15 is 0 Å². The van der Waals surface area contributed by atoms with Crippen LogP contribution < -0.4 is 15.0 Å². The lowest BCUT2D eigenvalue weighted by Gasteiger charge is -2.36. The minimum atomic E-state index is -0.494. The molecule has 0 radical (unpaired) electrons. The average Bonchev–Trinajstić information content (AvgIpc) is 3.34. The second-order valence-electron chi connectivity index (χ2n) is 14.2. The number of nitrogens with one attached hydrogen (secondary N) is 1. The van der Waals surface area contributed by atoms with Gasteiger partial charge in [0, 0.05) is 60.9 Å². The summed E-state index contributed by atoms with van der Waals surface area (Å²) >= 11 is 0. The predicted molar refractivity (Wildman–Crippen MR) is 178 cm³/mol. The largest absolute Gasteiger partial charge is 0.474 e. The number of aliphatic imine (C=N–C) groups is 1. The molecular formula is C36H49N5O5. The van der Waals surface area contributed by atoms with Gasteiger partial charge in [-0.2, -0.15) is 4.99 Å². The number of hydrogen-bond donors (Lipinski definition) is 1. The predicted octanol–water partition coefficient (Wildman–Crippen LogP) is 5.26. The van der Waals surface area contributed by atoms with E-state index in [0.717, 1.165) is 68.4 Å². The molecule has 5 rings (SSSR count). The average molecular weight is 632 g/mol. The second kappa shape index (κ2) is 14.3. The Kier molecular flexibility index (Phi) is 10.5. The van der Waals surface area contributed by atoms with Crippen molar-refractivity contribution in [1.29, 1.82) is 0 Å². The van der Waals surface area contributed by atoms with Crippen LogP contribution in [0.3, 0.4) is 0 Å². The van der Waals surface area contributed by atoms with Crippen molar-refractivity contribution in [2.45, 2.75) is 110 Å². The number of rotatable bonds is 8. The molecule has 1 saturated heterocycles. The van der Waals surface area contributed by atoms with Gasteiger partial charge in [0.2, 0.25) is 11.8 Å². The first-order valence-corrected chi connectivity index (χ1v) is 16.7. The zero-order chi connectivity index (χ0) is 33.0.